The van der Waals surface area contributed by atoms with E-state index in [1.807, 2.05) is 23.1 Å². The number of fused-ring (bicyclic) bond motifs is 2. The van der Waals surface area contributed by atoms with Crippen LogP contribution in [0.4, 0.5) is 8.78 Å². The Morgan fingerprint density at radius 1 is 1.20 bits per heavy atom. The molecule has 2 aromatic carbocycles. The van der Waals surface area contributed by atoms with Gasteiger partial charge in [0.25, 0.3) is 0 Å². The average Bonchev–Trinajstić information content (AvgIpc) is 3.01. The van der Waals surface area contributed by atoms with Crippen molar-refractivity contribution in [2.45, 2.75) is 18.1 Å². The minimum Gasteiger partial charge on any atom is -0.337 e. The van der Waals surface area contributed by atoms with Crippen molar-refractivity contribution >= 4 is 28.7 Å². The summed E-state index contributed by atoms with van der Waals surface area (Å²) in [6.45, 7) is 1.32. The van der Waals surface area contributed by atoms with Gasteiger partial charge in [0.15, 0.2) is 16.8 Å². The van der Waals surface area contributed by atoms with Crippen LogP contribution in [0.5, 0.6) is 0 Å². The number of halogens is 2. The molecule has 4 nitrogen and oxygen atoms in total. The standard InChI is InChI=1S/C18H15F2N3OS/c19-13-7-15-16(8-14(13)20)22-18(21-15)25-10-17(24)23-6-5-11-3-1-2-4-12(11)9-23/h1-4,7-8H,5-6,9-10H2,(H,21,22). The number of rotatable bonds is 3. The van der Waals surface area contributed by atoms with Crippen molar-refractivity contribution in [2.75, 3.05) is 12.3 Å². The molecule has 3 aromatic rings. The Bertz CT molecular complexity index is 918. The van der Waals surface area contributed by atoms with Crippen LogP contribution in [0.15, 0.2) is 41.6 Å². The van der Waals surface area contributed by atoms with Crippen molar-refractivity contribution in [1.82, 2.24) is 14.9 Å². The normalized spacial score (nSPS) is 13.9. The molecule has 0 atom stereocenters. The number of aromatic nitrogens is 2. The summed E-state index contributed by atoms with van der Waals surface area (Å²) < 4.78 is 26.5. The maximum absolute atomic E-state index is 13.2. The van der Waals surface area contributed by atoms with Gasteiger partial charge in [-0.25, -0.2) is 13.8 Å². The van der Waals surface area contributed by atoms with E-state index in [1.165, 1.54) is 22.9 Å². The van der Waals surface area contributed by atoms with Gasteiger partial charge in [0, 0.05) is 25.2 Å². The van der Waals surface area contributed by atoms with Crippen molar-refractivity contribution in [3.8, 4) is 0 Å². The number of benzene rings is 2. The van der Waals surface area contributed by atoms with E-state index in [4.69, 9.17) is 0 Å². The van der Waals surface area contributed by atoms with Gasteiger partial charge in [0.1, 0.15) is 0 Å². The van der Waals surface area contributed by atoms with Gasteiger partial charge in [-0.05, 0) is 17.5 Å². The highest BCUT2D eigenvalue weighted by Crippen LogP contribution is 2.23. The van der Waals surface area contributed by atoms with Gasteiger partial charge in [-0.1, -0.05) is 36.0 Å². The Hall–Kier alpha value is -2.41. The molecule has 0 aliphatic carbocycles. The van der Waals surface area contributed by atoms with Gasteiger partial charge in [-0.15, -0.1) is 0 Å². The van der Waals surface area contributed by atoms with Crippen molar-refractivity contribution in [1.29, 1.82) is 0 Å². The molecule has 2 heterocycles. The fraction of sp³-hybridized carbons (Fsp3) is 0.222. The summed E-state index contributed by atoms with van der Waals surface area (Å²) in [5, 5.41) is 0.478. The SMILES string of the molecule is O=C(CSc1nc2cc(F)c(F)cc2[nH]1)N1CCc2ccccc2C1. The van der Waals surface area contributed by atoms with E-state index in [9.17, 15) is 13.6 Å². The molecule has 0 spiro atoms. The lowest BCUT2D eigenvalue weighted by atomic mass is 10.00. The Labute approximate surface area is 147 Å². The molecule has 1 N–H and O–H groups in total. The number of carbonyl (C=O) groups excluding carboxylic acids is 1. The van der Waals surface area contributed by atoms with Crippen LogP contribution in [0.3, 0.4) is 0 Å². The Balaban J connectivity index is 1.42. The summed E-state index contributed by atoms with van der Waals surface area (Å²) >= 11 is 1.24. The average molecular weight is 359 g/mol. The zero-order chi connectivity index (χ0) is 17.4. The van der Waals surface area contributed by atoms with Gasteiger partial charge in [0.05, 0.1) is 16.8 Å². The maximum Gasteiger partial charge on any atom is 0.233 e. The molecule has 1 aliphatic rings. The lowest BCUT2D eigenvalue weighted by Crippen LogP contribution is -2.37. The zero-order valence-electron chi connectivity index (χ0n) is 13.3. The maximum atomic E-state index is 13.2. The van der Waals surface area contributed by atoms with Crippen LogP contribution in [-0.4, -0.2) is 33.1 Å². The quantitative estimate of drug-likeness (QED) is 0.728. The van der Waals surface area contributed by atoms with Crippen LogP contribution in [0.25, 0.3) is 11.0 Å². The number of carbonyl (C=O) groups is 1. The summed E-state index contributed by atoms with van der Waals surface area (Å²) in [5.74, 6) is -1.60. The number of nitrogens with one attached hydrogen (secondary N) is 1. The van der Waals surface area contributed by atoms with E-state index < -0.39 is 11.6 Å². The number of imidazole rings is 1. The fourth-order valence-corrected chi connectivity index (χ4v) is 3.77. The van der Waals surface area contributed by atoms with Crippen molar-refractivity contribution in [3.63, 3.8) is 0 Å². The van der Waals surface area contributed by atoms with E-state index in [1.54, 1.807) is 0 Å². The minimum atomic E-state index is -0.932. The predicted molar refractivity (Wildman–Crippen MR) is 92.3 cm³/mol. The molecule has 0 unspecified atom stereocenters. The van der Waals surface area contributed by atoms with E-state index in [2.05, 4.69) is 16.0 Å². The number of aromatic amines is 1. The molecular weight excluding hydrogens is 344 g/mol. The third-order valence-corrected chi connectivity index (χ3v) is 5.18. The van der Waals surface area contributed by atoms with E-state index in [0.717, 1.165) is 18.6 Å². The second-order valence-corrected chi connectivity index (χ2v) is 6.91. The predicted octanol–water partition coefficient (Wildman–Crippen LogP) is 3.52. The lowest BCUT2D eigenvalue weighted by Gasteiger charge is -2.28. The van der Waals surface area contributed by atoms with Crippen LogP contribution in [0, 0.1) is 11.6 Å². The number of hydrogen-bond donors (Lipinski definition) is 1. The highest BCUT2D eigenvalue weighted by Gasteiger charge is 2.20. The number of hydrogen-bond acceptors (Lipinski definition) is 3. The van der Waals surface area contributed by atoms with E-state index in [0.29, 0.717) is 29.3 Å². The highest BCUT2D eigenvalue weighted by atomic mass is 32.2. The molecule has 0 fully saturated rings. The van der Waals surface area contributed by atoms with Gasteiger partial charge < -0.3 is 9.88 Å². The topological polar surface area (TPSA) is 49.0 Å². The van der Waals surface area contributed by atoms with Crippen LogP contribution < -0.4 is 0 Å². The molecule has 0 radical (unpaired) electrons. The molecule has 0 bridgehead atoms. The molecule has 0 saturated carbocycles. The first-order valence-electron chi connectivity index (χ1n) is 7.92. The second kappa shape index (κ2) is 6.48. The monoisotopic (exact) mass is 359 g/mol. The van der Waals surface area contributed by atoms with Crippen LogP contribution in [0.2, 0.25) is 0 Å². The second-order valence-electron chi connectivity index (χ2n) is 5.95. The number of H-pyrrole nitrogens is 1. The van der Waals surface area contributed by atoms with Crippen molar-refractivity contribution < 1.29 is 13.6 Å². The first-order chi connectivity index (χ1) is 12.1. The first-order valence-corrected chi connectivity index (χ1v) is 8.91. The summed E-state index contributed by atoms with van der Waals surface area (Å²) in [5.41, 5.74) is 3.24. The van der Waals surface area contributed by atoms with Gasteiger partial charge >= 0.3 is 0 Å². The summed E-state index contributed by atoms with van der Waals surface area (Å²) in [7, 11) is 0. The van der Waals surface area contributed by atoms with Crippen LogP contribution in [0.1, 0.15) is 11.1 Å². The van der Waals surface area contributed by atoms with E-state index >= 15 is 0 Å². The Morgan fingerprint density at radius 2 is 1.96 bits per heavy atom. The zero-order valence-corrected chi connectivity index (χ0v) is 14.1. The van der Waals surface area contributed by atoms with Crippen molar-refractivity contribution in [2.24, 2.45) is 0 Å². The Kier molecular flexibility index (Phi) is 4.17. The lowest BCUT2D eigenvalue weighted by molar-refractivity contribution is -0.129. The Morgan fingerprint density at radius 3 is 2.80 bits per heavy atom. The molecule has 25 heavy (non-hydrogen) atoms. The van der Waals surface area contributed by atoms with Crippen molar-refractivity contribution in [3.05, 3.63) is 59.2 Å². The van der Waals surface area contributed by atoms with Gasteiger partial charge in [-0.3, -0.25) is 4.79 Å². The minimum absolute atomic E-state index is 0.0253. The summed E-state index contributed by atoms with van der Waals surface area (Å²) in [6, 6.07) is 10.3. The third kappa shape index (κ3) is 3.24. The largest absolute Gasteiger partial charge is 0.337 e. The van der Waals surface area contributed by atoms with Crippen LogP contribution >= 0.6 is 11.8 Å². The fourth-order valence-electron chi connectivity index (χ4n) is 2.98. The molecule has 7 heteroatoms. The molecule has 0 saturated heterocycles. The number of thioether (sulfide) groups is 1. The molecule has 1 aromatic heterocycles. The molecular formula is C18H15F2N3OS. The highest BCUT2D eigenvalue weighted by molar-refractivity contribution is 7.99. The molecule has 1 amide bonds. The third-order valence-electron chi connectivity index (χ3n) is 4.32. The molecule has 1 aliphatic heterocycles. The summed E-state index contributed by atoms with van der Waals surface area (Å²) in [4.78, 5) is 21.4. The molecule has 4 rings (SSSR count). The smallest absolute Gasteiger partial charge is 0.233 e. The molecule has 128 valence electrons. The van der Waals surface area contributed by atoms with Crippen LogP contribution in [-0.2, 0) is 17.8 Å². The van der Waals surface area contributed by atoms with Gasteiger partial charge in [-0.2, -0.15) is 0 Å². The number of nitrogens with zero attached hydrogens (tertiary/aromatic N) is 2. The van der Waals surface area contributed by atoms with Gasteiger partial charge in [0.2, 0.25) is 5.91 Å². The summed E-state index contributed by atoms with van der Waals surface area (Å²) in [6.07, 6.45) is 0.857. The first kappa shape index (κ1) is 16.1. The van der Waals surface area contributed by atoms with E-state index in [-0.39, 0.29) is 11.7 Å². The number of amides is 1.